The molecule has 0 N–H and O–H groups in total. The van der Waals surface area contributed by atoms with Gasteiger partial charge in [-0.05, 0) is 55.3 Å². The third kappa shape index (κ3) is 2.19. The Balaban J connectivity index is 1.99. The van der Waals surface area contributed by atoms with Crippen molar-refractivity contribution in [2.75, 3.05) is 0 Å². The Morgan fingerprint density at radius 1 is 1.00 bits per heavy atom. The maximum Gasteiger partial charge on any atom is 0.0655 e. The minimum absolute atomic E-state index is 0.374. The lowest BCUT2D eigenvalue weighted by atomic mass is 9.66. The van der Waals surface area contributed by atoms with Gasteiger partial charge < -0.3 is 0 Å². The summed E-state index contributed by atoms with van der Waals surface area (Å²) in [7, 11) is 0. The van der Waals surface area contributed by atoms with Crippen molar-refractivity contribution < 1.29 is 0 Å². The van der Waals surface area contributed by atoms with Crippen LogP contribution in [-0.2, 0) is 0 Å². The first-order chi connectivity index (χ1) is 7.00. The first kappa shape index (κ1) is 11.0. The Kier molecular flexibility index (Phi) is 2.79. The zero-order valence-electron chi connectivity index (χ0n) is 10.3. The van der Waals surface area contributed by atoms with E-state index in [0.29, 0.717) is 11.3 Å². The Morgan fingerprint density at radius 2 is 1.67 bits per heavy atom. The molecule has 0 bridgehead atoms. The van der Waals surface area contributed by atoms with Crippen LogP contribution in [0.1, 0.15) is 52.9 Å². The quantitative estimate of drug-likeness (QED) is 0.586. The molecule has 2 aliphatic carbocycles. The van der Waals surface area contributed by atoms with Crippen LogP contribution in [0.4, 0.5) is 0 Å². The van der Waals surface area contributed by atoms with Gasteiger partial charge in [0, 0.05) is 5.92 Å². The topological polar surface area (TPSA) is 23.8 Å². The first-order valence-electron chi connectivity index (χ1n) is 6.40. The maximum atomic E-state index is 8.99. The third-order valence-corrected chi connectivity index (χ3v) is 4.72. The SMILES string of the molecule is CC(C)(C)C1CCC2CC(C#N)CC2C1. The van der Waals surface area contributed by atoms with Crippen molar-refractivity contribution in [3.63, 3.8) is 0 Å². The molecule has 0 amide bonds. The van der Waals surface area contributed by atoms with E-state index in [0.717, 1.165) is 17.8 Å². The predicted molar refractivity (Wildman–Crippen MR) is 62.1 cm³/mol. The van der Waals surface area contributed by atoms with E-state index in [9.17, 15) is 0 Å². The van der Waals surface area contributed by atoms with Gasteiger partial charge in [-0.15, -0.1) is 0 Å². The van der Waals surface area contributed by atoms with Crippen molar-refractivity contribution in [3.05, 3.63) is 0 Å². The number of nitrogens with zero attached hydrogens (tertiary/aromatic N) is 1. The highest BCUT2D eigenvalue weighted by Gasteiger charge is 2.41. The molecular formula is C14H23N. The zero-order valence-corrected chi connectivity index (χ0v) is 10.3. The van der Waals surface area contributed by atoms with E-state index in [-0.39, 0.29) is 0 Å². The molecule has 2 aliphatic rings. The summed E-state index contributed by atoms with van der Waals surface area (Å²) in [6.07, 6.45) is 6.53. The predicted octanol–water partition coefficient (Wildman–Crippen LogP) is 4.00. The molecule has 15 heavy (non-hydrogen) atoms. The lowest BCUT2D eigenvalue weighted by molar-refractivity contribution is 0.114. The standard InChI is InChI=1S/C14H23N/c1-14(2,3)13-5-4-11-6-10(9-15)7-12(11)8-13/h10-13H,4-8H2,1-3H3. The molecule has 0 aromatic rings. The second kappa shape index (κ2) is 3.81. The van der Waals surface area contributed by atoms with Gasteiger partial charge in [0.25, 0.3) is 0 Å². The van der Waals surface area contributed by atoms with E-state index >= 15 is 0 Å². The minimum Gasteiger partial charge on any atom is -0.198 e. The molecule has 2 rings (SSSR count). The molecule has 0 radical (unpaired) electrons. The third-order valence-electron chi connectivity index (χ3n) is 4.72. The second-order valence-electron chi connectivity index (χ2n) is 6.69. The van der Waals surface area contributed by atoms with E-state index in [1.807, 2.05) is 0 Å². The second-order valence-corrected chi connectivity index (χ2v) is 6.69. The molecule has 0 aliphatic heterocycles. The van der Waals surface area contributed by atoms with Crippen LogP contribution in [0.15, 0.2) is 0 Å². The molecule has 0 spiro atoms. The summed E-state index contributed by atoms with van der Waals surface area (Å²) in [5.41, 5.74) is 0.468. The van der Waals surface area contributed by atoms with Crippen molar-refractivity contribution >= 4 is 0 Å². The monoisotopic (exact) mass is 205 g/mol. The average Bonchev–Trinajstić information content (AvgIpc) is 2.57. The number of hydrogen-bond donors (Lipinski definition) is 0. The lowest BCUT2D eigenvalue weighted by Gasteiger charge is -2.39. The minimum atomic E-state index is 0.374. The number of fused-ring (bicyclic) bond motifs is 1. The molecule has 0 aromatic carbocycles. The van der Waals surface area contributed by atoms with Gasteiger partial charge in [0.1, 0.15) is 0 Å². The zero-order chi connectivity index (χ0) is 11.1. The van der Waals surface area contributed by atoms with Gasteiger partial charge in [-0.3, -0.25) is 0 Å². The van der Waals surface area contributed by atoms with Crippen molar-refractivity contribution in [2.24, 2.45) is 29.1 Å². The molecule has 1 nitrogen and oxygen atoms in total. The largest absolute Gasteiger partial charge is 0.198 e. The van der Waals surface area contributed by atoms with E-state index in [1.165, 1.54) is 32.1 Å². The average molecular weight is 205 g/mol. The van der Waals surface area contributed by atoms with Crippen LogP contribution in [-0.4, -0.2) is 0 Å². The molecule has 0 aromatic heterocycles. The summed E-state index contributed by atoms with van der Waals surface area (Å²) >= 11 is 0. The molecular weight excluding hydrogens is 182 g/mol. The van der Waals surface area contributed by atoms with Crippen LogP contribution in [0, 0.1) is 40.4 Å². The van der Waals surface area contributed by atoms with Crippen molar-refractivity contribution in [1.82, 2.24) is 0 Å². The van der Waals surface area contributed by atoms with Gasteiger partial charge in [-0.25, -0.2) is 0 Å². The highest BCUT2D eigenvalue weighted by atomic mass is 14.5. The Morgan fingerprint density at radius 3 is 2.27 bits per heavy atom. The van der Waals surface area contributed by atoms with Crippen molar-refractivity contribution in [3.8, 4) is 6.07 Å². The molecule has 2 fully saturated rings. The van der Waals surface area contributed by atoms with Crippen LogP contribution in [0.25, 0.3) is 0 Å². The van der Waals surface area contributed by atoms with Crippen molar-refractivity contribution in [1.29, 1.82) is 5.26 Å². The summed E-state index contributed by atoms with van der Waals surface area (Å²) in [6, 6.07) is 2.47. The lowest BCUT2D eigenvalue weighted by Crippen LogP contribution is -2.29. The molecule has 2 saturated carbocycles. The van der Waals surface area contributed by atoms with Crippen LogP contribution < -0.4 is 0 Å². The first-order valence-corrected chi connectivity index (χ1v) is 6.40. The summed E-state index contributed by atoms with van der Waals surface area (Å²) in [5.74, 6) is 3.01. The van der Waals surface area contributed by atoms with Crippen LogP contribution in [0.2, 0.25) is 0 Å². The Hall–Kier alpha value is -0.510. The Bertz CT molecular complexity index is 268. The fourth-order valence-electron chi connectivity index (χ4n) is 3.64. The summed E-state index contributed by atoms with van der Waals surface area (Å²) < 4.78 is 0. The fourth-order valence-corrected chi connectivity index (χ4v) is 3.64. The summed E-state index contributed by atoms with van der Waals surface area (Å²) in [4.78, 5) is 0. The molecule has 1 heteroatoms. The van der Waals surface area contributed by atoms with E-state index in [2.05, 4.69) is 26.8 Å². The van der Waals surface area contributed by atoms with Gasteiger partial charge in [-0.2, -0.15) is 5.26 Å². The van der Waals surface area contributed by atoms with Crippen molar-refractivity contribution in [2.45, 2.75) is 52.9 Å². The smallest absolute Gasteiger partial charge is 0.0655 e. The molecule has 4 unspecified atom stereocenters. The summed E-state index contributed by atoms with van der Waals surface area (Å²) in [6.45, 7) is 7.11. The van der Waals surface area contributed by atoms with Crippen LogP contribution in [0.5, 0.6) is 0 Å². The van der Waals surface area contributed by atoms with Crippen LogP contribution in [0.3, 0.4) is 0 Å². The van der Waals surface area contributed by atoms with Gasteiger partial charge in [0.15, 0.2) is 0 Å². The van der Waals surface area contributed by atoms with Gasteiger partial charge >= 0.3 is 0 Å². The number of rotatable bonds is 0. The molecule has 0 saturated heterocycles. The van der Waals surface area contributed by atoms with Crippen LogP contribution >= 0.6 is 0 Å². The van der Waals surface area contributed by atoms with Gasteiger partial charge in [0.2, 0.25) is 0 Å². The summed E-state index contributed by atoms with van der Waals surface area (Å²) in [5, 5.41) is 8.99. The Labute approximate surface area is 93.9 Å². The maximum absolute atomic E-state index is 8.99. The highest BCUT2D eigenvalue weighted by Crippen LogP contribution is 2.50. The molecule has 84 valence electrons. The van der Waals surface area contributed by atoms with E-state index in [4.69, 9.17) is 5.26 Å². The van der Waals surface area contributed by atoms with E-state index in [1.54, 1.807) is 0 Å². The van der Waals surface area contributed by atoms with Gasteiger partial charge in [0.05, 0.1) is 6.07 Å². The number of nitriles is 1. The highest BCUT2D eigenvalue weighted by molar-refractivity contribution is 4.97. The number of hydrogen-bond acceptors (Lipinski definition) is 1. The molecule has 0 heterocycles. The van der Waals surface area contributed by atoms with Gasteiger partial charge in [-0.1, -0.05) is 20.8 Å². The normalized spacial score (nSPS) is 40.9. The van der Waals surface area contributed by atoms with E-state index < -0.39 is 0 Å². The molecule has 4 atom stereocenters. The fraction of sp³-hybridized carbons (Fsp3) is 0.929.